The summed E-state index contributed by atoms with van der Waals surface area (Å²) in [6.45, 7) is 8.21. The van der Waals surface area contributed by atoms with E-state index in [9.17, 15) is 4.79 Å². The summed E-state index contributed by atoms with van der Waals surface area (Å²) >= 11 is 1.68. The molecule has 0 radical (unpaired) electrons. The maximum atomic E-state index is 12.0. The van der Waals surface area contributed by atoms with Gasteiger partial charge in [0.15, 0.2) is 0 Å². The van der Waals surface area contributed by atoms with Gasteiger partial charge in [-0.15, -0.1) is 11.8 Å². The zero-order chi connectivity index (χ0) is 14.0. The molecule has 0 bridgehead atoms. The van der Waals surface area contributed by atoms with Crippen LogP contribution in [-0.2, 0) is 4.79 Å². The third-order valence-electron chi connectivity index (χ3n) is 3.02. The molecular weight excluding hydrogens is 254 g/mol. The van der Waals surface area contributed by atoms with Crippen LogP contribution in [0.15, 0.2) is 24.3 Å². The van der Waals surface area contributed by atoms with Crippen LogP contribution in [0.1, 0.15) is 37.0 Å². The van der Waals surface area contributed by atoms with Crippen molar-refractivity contribution in [3.05, 3.63) is 41.0 Å². The molecule has 1 aliphatic heterocycles. The highest BCUT2D eigenvalue weighted by molar-refractivity contribution is 8.09. The van der Waals surface area contributed by atoms with E-state index in [1.54, 1.807) is 11.8 Å². The highest BCUT2D eigenvalue weighted by atomic mass is 32.2. The summed E-state index contributed by atoms with van der Waals surface area (Å²) in [6.07, 6.45) is 3.01. The average molecular weight is 275 g/mol. The number of carbonyl (C=O) groups is 1. The van der Waals surface area contributed by atoms with E-state index in [1.165, 1.54) is 21.6 Å². The molecule has 0 spiro atoms. The molecule has 2 nitrogen and oxygen atoms in total. The highest BCUT2D eigenvalue weighted by Gasteiger charge is 2.25. The predicted molar refractivity (Wildman–Crippen MR) is 83.2 cm³/mol. The van der Waals surface area contributed by atoms with Gasteiger partial charge in [-0.05, 0) is 39.7 Å². The normalized spacial score (nSPS) is 18.6. The summed E-state index contributed by atoms with van der Waals surface area (Å²) in [7, 11) is 0. The minimum Gasteiger partial charge on any atom is -0.353 e. The Bertz CT molecular complexity index is 499. The van der Waals surface area contributed by atoms with Crippen molar-refractivity contribution in [2.75, 3.05) is 0 Å². The molecule has 1 N–H and O–H groups in total. The maximum absolute atomic E-state index is 12.0. The van der Waals surface area contributed by atoms with Crippen molar-refractivity contribution in [1.29, 1.82) is 0 Å². The fourth-order valence-electron chi connectivity index (χ4n) is 2.30. The van der Waals surface area contributed by atoms with Crippen LogP contribution in [0, 0.1) is 13.8 Å². The smallest absolute Gasteiger partial charge is 0.234 e. The first-order chi connectivity index (χ1) is 8.95. The molecule has 0 aliphatic carbocycles. The first-order valence-corrected chi connectivity index (χ1v) is 7.59. The van der Waals surface area contributed by atoms with Gasteiger partial charge >= 0.3 is 0 Å². The maximum Gasteiger partial charge on any atom is 0.234 e. The van der Waals surface area contributed by atoms with Crippen LogP contribution in [0.25, 0.3) is 4.91 Å². The molecule has 0 saturated heterocycles. The Balaban J connectivity index is 2.07. The zero-order valence-electron chi connectivity index (χ0n) is 12.0. The molecule has 0 saturated carbocycles. The Morgan fingerprint density at radius 1 is 1.26 bits per heavy atom. The van der Waals surface area contributed by atoms with Crippen molar-refractivity contribution in [3.63, 3.8) is 0 Å². The summed E-state index contributed by atoms with van der Waals surface area (Å²) in [5.41, 5.74) is 3.78. The molecule has 1 aliphatic rings. The van der Waals surface area contributed by atoms with Crippen molar-refractivity contribution >= 4 is 22.6 Å². The van der Waals surface area contributed by atoms with E-state index in [4.69, 9.17) is 0 Å². The van der Waals surface area contributed by atoms with Gasteiger partial charge < -0.3 is 5.32 Å². The number of rotatable bonds is 3. The SMILES string of the molecule is Cc1cc(C)cc(C2=CCC(C(=O)NC(C)C)S2)c1. The number of hydrogen-bond donors (Lipinski definition) is 1. The molecule has 0 fully saturated rings. The van der Waals surface area contributed by atoms with Crippen LogP contribution in [0.2, 0.25) is 0 Å². The first-order valence-electron chi connectivity index (χ1n) is 6.71. The lowest BCUT2D eigenvalue weighted by atomic mass is 10.1. The topological polar surface area (TPSA) is 29.1 Å². The van der Waals surface area contributed by atoms with Gasteiger partial charge in [-0.25, -0.2) is 0 Å². The molecule has 102 valence electrons. The lowest BCUT2D eigenvalue weighted by molar-refractivity contribution is -0.120. The van der Waals surface area contributed by atoms with Crippen LogP contribution in [0.3, 0.4) is 0 Å². The van der Waals surface area contributed by atoms with Gasteiger partial charge in [0, 0.05) is 10.9 Å². The van der Waals surface area contributed by atoms with Crippen molar-refractivity contribution in [2.45, 2.75) is 45.4 Å². The average Bonchev–Trinajstić information content (AvgIpc) is 2.75. The number of thioether (sulfide) groups is 1. The molecule has 1 heterocycles. The van der Waals surface area contributed by atoms with Gasteiger partial charge in [0.1, 0.15) is 0 Å². The third kappa shape index (κ3) is 3.63. The van der Waals surface area contributed by atoms with Crippen molar-refractivity contribution < 1.29 is 4.79 Å². The second-order valence-electron chi connectivity index (χ2n) is 5.45. The van der Waals surface area contributed by atoms with Crippen LogP contribution in [0.4, 0.5) is 0 Å². The molecular formula is C16H21NOS. The van der Waals surface area contributed by atoms with Crippen LogP contribution >= 0.6 is 11.8 Å². The summed E-state index contributed by atoms with van der Waals surface area (Å²) in [4.78, 5) is 13.2. The predicted octanol–water partition coefficient (Wildman–Crippen LogP) is 3.67. The summed E-state index contributed by atoms with van der Waals surface area (Å²) in [5.74, 6) is 0.149. The largest absolute Gasteiger partial charge is 0.353 e. The number of hydrogen-bond acceptors (Lipinski definition) is 2. The Kier molecular flexibility index (Phi) is 4.35. The minimum absolute atomic E-state index is 0.0261. The van der Waals surface area contributed by atoms with Gasteiger partial charge in [0.2, 0.25) is 5.91 Å². The molecule has 1 aromatic rings. The van der Waals surface area contributed by atoms with E-state index < -0.39 is 0 Å². The van der Waals surface area contributed by atoms with Crippen LogP contribution in [-0.4, -0.2) is 17.2 Å². The van der Waals surface area contributed by atoms with Crippen molar-refractivity contribution in [1.82, 2.24) is 5.32 Å². The molecule has 1 aromatic carbocycles. The highest BCUT2D eigenvalue weighted by Crippen LogP contribution is 2.39. The summed E-state index contributed by atoms with van der Waals surface area (Å²) < 4.78 is 0. The van der Waals surface area contributed by atoms with Crippen molar-refractivity contribution in [2.24, 2.45) is 0 Å². The molecule has 1 amide bonds. The number of allylic oxidation sites excluding steroid dienone is 1. The quantitative estimate of drug-likeness (QED) is 0.912. The van der Waals surface area contributed by atoms with E-state index in [2.05, 4.69) is 43.4 Å². The molecule has 1 unspecified atom stereocenters. The van der Waals surface area contributed by atoms with Crippen LogP contribution < -0.4 is 5.32 Å². The van der Waals surface area contributed by atoms with Gasteiger partial charge in [-0.3, -0.25) is 4.79 Å². The van der Waals surface area contributed by atoms with E-state index >= 15 is 0 Å². The second kappa shape index (κ2) is 5.83. The molecule has 3 heteroatoms. The standard InChI is InChI=1S/C16H21NOS/c1-10(2)17-16(18)15-6-5-14(19-15)13-8-11(3)7-12(4)9-13/h5,7-10,15H,6H2,1-4H3,(H,17,18). The third-order valence-corrected chi connectivity index (χ3v) is 4.36. The Hall–Kier alpha value is -1.22. The first kappa shape index (κ1) is 14.2. The van der Waals surface area contributed by atoms with E-state index in [0.717, 1.165) is 6.42 Å². The van der Waals surface area contributed by atoms with Gasteiger partial charge in [0.05, 0.1) is 5.25 Å². The zero-order valence-corrected chi connectivity index (χ0v) is 12.8. The van der Waals surface area contributed by atoms with E-state index in [-0.39, 0.29) is 17.2 Å². The lowest BCUT2D eigenvalue weighted by Crippen LogP contribution is -2.36. The fourth-order valence-corrected chi connectivity index (χ4v) is 3.42. The summed E-state index contributed by atoms with van der Waals surface area (Å²) in [5, 5.41) is 3.01. The fraction of sp³-hybridized carbons (Fsp3) is 0.438. The van der Waals surface area contributed by atoms with Crippen molar-refractivity contribution in [3.8, 4) is 0 Å². The Morgan fingerprint density at radius 3 is 2.47 bits per heavy atom. The molecule has 0 aromatic heterocycles. The van der Waals surface area contributed by atoms with E-state index in [1.807, 2.05) is 13.8 Å². The van der Waals surface area contributed by atoms with Gasteiger partial charge in [-0.1, -0.05) is 35.4 Å². The van der Waals surface area contributed by atoms with E-state index in [0.29, 0.717) is 0 Å². The number of nitrogens with one attached hydrogen (secondary N) is 1. The number of amides is 1. The number of benzene rings is 1. The Morgan fingerprint density at radius 2 is 1.89 bits per heavy atom. The lowest BCUT2D eigenvalue weighted by Gasteiger charge is -2.13. The summed E-state index contributed by atoms with van der Waals surface area (Å²) in [6, 6.07) is 6.76. The molecule has 2 rings (SSSR count). The number of carbonyl (C=O) groups excluding carboxylic acids is 1. The number of aryl methyl sites for hydroxylation is 2. The van der Waals surface area contributed by atoms with Gasteiger partial charge in [-0.2, -0.15) is 0 Å². The second-order valence-corrected chi connectivity index (χ2v) is 6.69. The molecule has 1 atom stereocenters. The monoisotopic (exact) mass is 275 g/mol. The van der Waals surface area contributed by atoms with Gasteiger partial charge in [0.25, 0.3) is 0 Å². The van der Waals surface area contributed by atoms with Crippen LogP contribution in [0.5, 0.6) is 0 Å². The Labute approximate surface area is 119 Å². The minimum atomic E-state index is 0.0261. The molecule has 19 heavy (non-hydrogen) atoms.